The molecule has 0 N–H and O–H groups in total. The molecule has 2 aromatic carbocycles. The molecule has 1 atom stereocenters. The number of fused-ring (bicyclic) bond motifs is 2. The van der Waals surface area contributed by atoms with E-state index in [2.05, 4.69) is 13.5 Å². The molecule has 23 heavy (non-hydrogen) atoms. The van der Waals surface area contributed by atoms with Crippen molar-refractivity contribution in [2.75, 3.05) is 7.11 Å². The van der Waals surface area contributed by atoms with E-state index in [-0.39, 0.29) is 0 Å². The summed E-state index contributed by atoms with van der Waals surface area (Å²) in [5.74, 6) is 1.54. The van der Waals surface area contributed by atoms with Gasteiger partial charge in [-0.2, -0.15) is 0 Å². The number of hydrogen-bond acceptors (Lipinski definition) is 3. The predicted octanol–water partition coefficient (Wildman–Crippen LogP) is 4.72. The van der Waals surface area contributed by atoms with Crippen molar-refractivity contribution in [2.24, 2.45) is 5.92 Å². The zero-order chi connectivity index (χ0) is 16.6. The van der Waals surface area contributed by atoms with Crippen LogP contribution >= 0.6 is 11.6 Å². The van der Waals surface area contributed by atoms with Crippen molar-refractivity contribution < 1.29 is 14.3 Å². The first-order valence-corrected chi connectivity index (χ1v) is 8.08. The largest absolute Gasteiger partial charge is 0.496 e. The van der Waals surface area contributed by atoms with Gasteiger partial charge in [-0.15, -0.1) is 0 Å². The van der Waals surface area contributed by atoms with E-state index < -0.39 is 5.97 Å². The fourth-order valence-corrected chi connectivity index (χ4v) is 3.49. The van der Waals surface area contributed by atoms with Crippen LogP contribution in [0.3, 0.4) is 0 Å². The third-order valence-corrected chi connectivity index (χ3v) is 4.63. The van der Waals surface area contributed by atoms with E-state index in [1.54, 1.807) is 13.2 Å². The van der Waals surface area contributed by atoms with Gasteiger partial charge in [-0.1, -0.05) is 25.1 Å². The van der Waals surface area contributed by atoms with E-state index >= 15 is 0 Å². The highest BCUT2D eigenvalue weighted by molar-refractivity contribution is 6.31. The topological polar surface area (TPSA) is 35.5 Å². The lowest BCUT2D eigenvalue weighted by Gasteiger charge is -2.27. The summed E-state index contributed by atoms with van der Waals surface area (Å²) in [6.45, 7) is 5.70. The molecular weight excluding hydrogens is 312 g/mol. The van der Waals surface area contributed by atoms with Gasteiger partial charge in [0.15, 0.2) is 0 Å². The minimum absolute atomic E-state index is 0.452. The standard InChI is InChI=1S/C19H19ClO3/c1-4-17(21)23-19-14-8-6-12(20)10-16(14)18(22-3)13-7-5-11(2)9-15(13)19/h4,6,8,10-11H,1,5,7,9H2,2-3H3. The zero-order valence-corrected chi connectivity index (χ0v) is 14.1. The van der Waals surface area contributed by atoms with E-state index in [4.69, 9.17) is 21.1 Å². The number of ether oxygens (including phenoxy) is 2. The molecule has 0 aliphatic heterocycles. The smallest absolute Gasteiger partial charge is 0.335 e. The lowest BCUT2D eigenvalue weighted by Crippen LogP contribution is -2.16. The van der Waals surface area contributed by atoms with Gasteiger partial charge in [-0.25, -0.2) is 4.79 Å². The SMILES string of the molecule is C=CC(=O)Oc1c2c(c(OC)c3cc(Cl)ccc13)CCC(C)C2. The van der Waals surface area contributed by atoms with Crippen LogP contribution in [0.2, 0.25) is 5.02 Å². The molecule has 0 saturated carbocycles. The summed E-state index contributed by atoms with van der Waals surface area (Å²) < 4.78 is 11.3. The third kappa shape index (κ3) is 2.81. The molecule has 3 rings (SSSR count). The van der Waals surface area contributed by atoms with Crippen molar-refractivity contribution >= 4 is 28.3 Å². The van der Waals surface area contributed by atoms with Crippen LogP contribution < -0.4 is 9.47 Å². The summed E-state index contributed by atoms with van der Waals surface area (Å²) in [5.41, 5.74) is 2.18. The minimum atomic E-state index is -0.452. The Morgan fingerprint density at radius 2 is 2.09 bits per heavy atom. The van der Waals surface area contributed by atoms with E-state index in [0.717, 1.165) is 46.9 Å². The first-order chi connectivity index (χ1) is 11.0. The van der Waals surface area contributed by atoms with Gasteiger partial charge in [-0.3, -0.25) is 0 Å². The summed E-state index contributed by atoms with van der Waals surface area (Å²) in [7, 11) is 1.67. The molecule has 0 amide bonds. The van der Waals surface area contributed by atoms with E-state index in [1.165, 1.54) is 6.08 Å². The molecule has 0 radical (unpaired) electrons. The number of rotatable bonds is 3. The number of carbonyl (C=O) groups excluding carboxylic acids is 1. The molecule has 120 valence electrons. The number of carbonyl (C=O) groups is 1. The van der Waals surface area contributed by atoms with Gasteiger partial charge in [0, 0.05) is 33.0 Å². The van der Waals surface area contributed by atoms with Crippen LogP contribution in [0.4, 0.5) is 0 Å². The maximum atomic E-state index is 11.8. The summed E-state index contributed by atoms with van der Waals surface area (Å²) in [4.78, 5) is 11.8. The van der Waals surface area contributed by atoms with E-state index in [9.17, 15) is 4.79 Å². The molecule has 1 aliphatic carbocycles. The molecule has 0 heterocycles. The molecule has 0 aromatic heterocycles. The Labute approximate surface area is 140 Å². The molecule has 0 fully saturated rings. The van der Waals surface area contributed by atoms with Gasteiger partial charge in [0.25, 0.3) is 0 Å². The molecule has 4 heteroatoms. The third-order valence-electron chi connectivity index (χ3n) is 4.40. The number of benzene rings is 2. The molecular formula is C19H19ClO3. The van der Waals surface area contributed by atoms with Crippen molar-refractivity contribution in [3.8, 4) is 11.5 Å². The summed E-state index contributed by atoms with van der Waals surface area (Å²) in [6.07, 6.45) is 4.04. The summed E-state index contributed by atoms with van der Waals surface area (Å²) in [5, 5.41) is 2.34. The normalized spacial score (nSPS) is 16.7. The molecule has 0 saturated heterocycles. The second kappa shape index (κ2) is 6.25. The maximum Gasteiger partial charge on any atom is 0.335 e. The Kier molecular flexibility index (Phi) is 4.31. The molecule has 1 aliphatic rings. The first kappa shape index (κ1) is 15.9. The fraction of sp³-hybridized carbons (Fsp3) is 0.316. The van der Waals surface area contributed by atoms with Gasteiger partial charge in [0.2, 0.25) is 0 Å². The molecule has 3 nitrogen and oxygen atoms in total. The fourth-order valence-electron chi connectivity index (χ4n) is 3.32. The number of hydrogen-bond donors (Lipinski definition) is 0. The lowest BCUT2D eigenvalue weighted by atomic mass is 9.82. The van der Waals surface area contributed by atoms with E-state index in [0.29, 0.717) is 16.7 Å². The Morgan fingerprint density at radius 1 is 1.30 bits per heavy atom. The zero-order valence-electron chi connectivity index (χ0n) is 13.3. The van der Waals surface area contributed by atoms with Crippen LogP contribution in [0, 0.1) is 5.92 Å². The Morgan fingerprint density at radius 3 is 2.78 bits per heavy atom. The van der Waals surface area contributed by atoms with Crippen LogP contribution in [-0.2, 0) is 17.6 Å². The predicted molar refractivity (Wildman–Crippen MR) is 92.5 cm³/mol. The van der Waals surface area contributed by atoms with Crippen molar-refractivity contribution in [1.29, 1.82) is 0 Å². The molecule has 1 unspecified atom stereocenters. The average molecular weight is 331 g/mol. The maximum absolute atomic E-state index is 11.8. The van der Waals surface area contributed by atoms with Crippen LogP contribution in [0.1, 0.15) is 24.5 Å². The number of esters is 1. The highest BCUT2D eigenvalue weighted by Gasteiger charge is 2.27. The van der Waals surface area contributed by atoms with Crippen molar-refractivity contribution in [3.05, 3.63) is 47.0 Å². The Hall–Kier alpha value is -2.00. The Bertz CT molecular complexity index is 795. The van der Waals surface area contributed by atoms with Crippen LogP contribution in [0.25, 0.3) is 10.8 Å². The second-order valence-corrected chi connectivity index (χ2v) is 6.42. The Balaban J connectivity index is 2.35. The van der Waals surface area contributed by atoms with Gasteiger partial charge in [0.05, 0.1) is 7.11 Å². The van der Waals surface area contributed by atoms with Crippen molar-refractivity contribution in [1.82, 2.24) is 0 Å². The van der Waals surface area contributed by atoms with Crippen molar-refractivity contribution in [2.45, 2.75) is 26.2 Å². The van der Waals surface area contributed by atoms with Gasteiger partial charge < -0.3 is 9.47 Å². The van der Waals surface area contributed by atoms with Gasteiger partial charge >= 0.3 is 5.97 Å². The number of methoxy groups -OCH3 is 1. The molecule has 2 aromatic rings. The first-order valence-electron chi connectivity index (χ1n) is 7.70. The van der Waals surface area contributed by atoms with Crippen LogP contribution in [-0.4, -0.2) is 13.1 Å². The van der Waals surface area contributed by atoms with Crippen LogP contribution in [0.15, 0.2) is 30.9 Å². The monoisotopic (exact) mass is 330 g/mol. The summed E-state index contributed by atoms with van der Waals surface area (Å²) in [6, 6.07) is 5.54. The quantitative estimate of drug-likeness (QED) is 0.464. The highest BCUT2D eigenvalue weighted by Crippen LogP contribution is 2.45. The lowest BCUT2D eigenvalue weighted by molar-refractivity contribution is -0.128. The average Bonchev–Trinajstić information content (AvgIpc) is 2.54. The van der Waals surface area contributed by atoms with Gasteiger partial charge in [-0.05, 0) is 43.4 Å². The summed E-state index contributed by atoms with van der Waals surface area (Å²) >= 11 is 6.16. The highest BCUT2D eigenvalue weighted by atomic mass is 35.5. The van der Waals surface area contributed by atoms with Crippen LogP contribution in [0.5, 0.6) is 11.5 Å². The number of halogens is 1. The molecule has 0 spiro atoms. The molecule has 0 bridgehead atoms. The van der Waals surface area contributed by atoms with Gasteiger partial charge in [0.1, 0.15) is 11.5 Å². The van der Waals surface area contributed by atoms with E-state index in [1.807, 2.05) is 12.1 Å². The minimum Gasteiger partial charge on any atom is -0.496 e. The second-order valence-electron chi connectivity index (χ2n) is 5.98. The van der Waals surface area contributed by atoms with Crippen molar-refractivity contribution in [3.63, 3.8) is 0 Å².